The number of likely N-dealkylation sites (N-methyl/N-ethyl adjacent to an activating group) is 1. The van der Waals surface area contributed by atoms with Crippen LogP contribution >= 0.6 is 0 Å². The minimum absolute atomic E-state index is 0.0901. The van der Waals surface area contributed by atoms with Crippen molar-refractivity contribution in [1.29, 1.82) is 0 Å². The predicted molar refractivity (Wildman–Crippen MR) is 111 cm³/mol. The second-order valence-electron chi connectivity index (χ2n) is 6.64. The minimum atomic E-state index is -0.684. The van der Waals surface area contributed by atoms with Crippen LogP contribution in [0.5, 0.6) is 11.6 Å². The highest BCUT2D eigenvalue weighted by molar-refractivity contribution is 5.93. The van der Waals surface area contributed by atoms with Gasteiger partial charge < -0.3 is 14.4 Å². The van der Waals surface area contributed by atoms with E-state index in [2.05, 4.69) is 16.9 Å². The van der Waals surface area contributed by atoms with Gasteiger partial charge in [-0.1, -0.05) is 31.2 Å². The monoisotopic (exact) mass is 405 g/mol. The number of hydrogen-bond donors (Lipinski definition) is 0. The van der Waals surface area contributed by atoms with Gasteiger partial charge in [-0.15, -0.1) is 0 Å². The van der Waals surface area contributed by atoms with Crippen molar-refractivity contribution in [2.24, 2.45) is 0 Å². The molecule has 154 valence electrons. The summed E-state index contributed by atoms with van der Waals surface area (Å²) >= 11 is 0. The summed E-state index contributed by atoms with van der Waals surface area (Å²) in [4.78, 5) is 34.4. The molecular formula is C23H23N3O4. The average molecular weight is 405 g/mol. The summed E-state index contributed by atoms with van der Waals surface area (Å²) in [5.74, 6) is -0.458. The van der Waals surface area contributed by atoms with Gasteiger partial charge in [0.15, 0.2) is 6.61 Å². The molecule has 1 amide bonds. The average Bonchev–Trinajstić information content (AvgIpc) is 2.78. The fourth-order valence-electron chi connectivity index (χ4n) is 2.70. The Morgan fingerprint density at radius 1 is 1.00 bits per heavy atom. The van der Waals surface area contributed by atoms with Crippen molar-refractivity contribution in [2.45, 2.75) is 19.9 Å². The zero-order valence-corrected chi connectivity index (χ0v) is 16.9. The van der Waals surface area contributed by atoms with Crippen molar-refractivity contribution in [3.8, 4) is 11.6 Å². The molecule has 3 aromatic rings. The standard InChI is InChI=1S/C23H23N3O4/c1-3-17-8-10-18(11-9-17)15-26(2)21(27)16-29-23(28)20-7-5-13-25-22(20)30-19-6-4-12-24-14-19/h4-14H,3,15-16H2,1-2H3. The molecule has 0 N–H and O–H groups in total. The molecule has 2 aromatic heterocycles. The summed E-state index contributed by atoms with van der Waals surface area (Å²) in [6.45, 7) is 2.15. The molecule has 3 rings (SSSR count). The highest BCUT2D eigenvalue weighted by Gasteiger charge is 2.18. The van der Waals surface area contributed by atoms with E-state index in [1.807, 2.05) is 24.3 Å². The van der Waals surface area contributed by atoms with Gasteiger partial charge in [0.1, 0.15) is 11.3 Å². The van der Waals surface area contributed by atoms with Crippen LogP contribution < -0.4 is 4.74 Å². The van der Waals surface area contributed by atoms with Crippen molar-refractivity contribution in [3.05, 3.63) is 83.8 Å². The van der Waals surface area contributed by atoms with Crippen LogP contribution in [-0.4, -0.2) is 40.4 Å². The number of pyridine rings is 2. The molecule has 0 unspecified atom stereocenters. The first-order chi connectivity index (χ1) is 14.6. The Morgan fingerprint density at radius 2 is 1.73 bits per heavy atom. The molecule has 0 radical (unpaired) electrons. The van der Waals surface area contributed by atoms with Crippen molar-refractivity contribution in [3.63, 3.8) is 0 Å². The molecule has 0 spiro atoms. The molecule has 0 saturated carbocycles. The zero-order chi connectivity index (χ0) is 21.3. The van der Waals surface area contributed by atoms with Gasteiger partial charge >= 0.3 is 5.97 Å². The van der Waals surface area contributed by atoms with E-state index in [4.69, 9.17) is 9.47 Å². The molecule has 0 aliphatic carbocycles. The van der Waals surface area contributed by atoms with Crippen LogP contribution in [-0.2, 0) is 22.5 Å². The van der Waals surface area contributed by atoms with Gasteiger partial charge in [-0.25, -0.2) is 9.78 Å². The summed E-state index contributed by atoms with van der Waals surface area (Å²) in [6, 6.07) is 14.6. The first-order valence-electron chi connectivity index (χ1n) is 9.58. The van der Waals surface area contributed by atoms with Gasteiger partial charge in [0, 0.05) is 26.0 Å². The number of carbonyl (C=O) groups excluding carboxylic acids is 2. The SMILES string of the molecule is CCc1ccc(CN(C)C(=O)COC(=O)c2cccnc2Oc2cccnc2)cc1. The Morgan fingerprint density at radius 3 is 2.43 bits per heavy atom. The number of rotatable bonds is 8. The summed E-state index contributed by atoms with van der Waals surface area (Å²) in [7, 11) is 1.67. The molecule has 7 nitrogen and oxygen atoms in total. The largest absolute Gasteiger partial charge is 0.452 e. The van der Waals surface area contributed by atoms with E-state index in [1.165, 1.54) is 28.9 Å². The maximum Gasteiger partial charge on any atom is 0.344 e. The second kappa shape index (κ2) is 10.2. The first kappa shape index (κ1) is 21.0. The molecule has 2 heterocycles. The van der Waals surface area contributed by atoms with Gasteiger partial charge in [-0.3, -0.25) is 9.78 Å². The first-order valence-corrected chi connectivity index (χ1v) is 9.58. The summed E-state index contributed by atoms with van der Waals surface area (Å²) in [5, 5.41) is 0. The number of aromatic nitrogens is 2. The molecule has 1 aromatic carbocycles. The molecule has 0 saturated heterocycles. The summed E-state index contributed by atoms with van der Waals surface area (Å²) in [6.07, 6.45) is 5.59. The van der Waals surface area contributed by atoms with Crippen LogP contribution in [0.2, 0.25) is 0 Å². The number of amides is 1. The summed E-state index contributed by atoms with van der Waals surface area (Å²) in [5.41, 5.74) is 2.38. The molecule has 0 fully saturated rings. The third kappa shape index (κ3) is 5.64. The lowest BCUT2D eigenvalue weighted by Gasteiger charge is -2.17. The Hall–Kier alpha value is -3.74. The lowest BCUT2D eigenvalue weighted by molar-refractivity contribution is -0.133. The Kier molecular flexibility index (Phi) is 7.10. The number of carbonyl (C=O) groups is 2. The van der Waals surface area contributed by atoms with E-state index >= 15 is 0 Å². The third-order valence-corrected chi connectivity index (χ3v) is 4.44. The molecule has 0 aliphatic rings. The number of esters is 1. The Bertz CT molecular complexity index is 991. The Labute approximate surface area is 175 Å². The molecule has 0 bridgehead atoms. The second-order valence-corrected chi connectivity index (χ2v) is 6.64. The smallest absolute Gasteiger partial charge is 0.344 e. The van der Waals surface area contributed by atoms with E-state index in [0.717, 1.165) is 12.0 Å². The third-order valence-electron chi connectivity index (χ3n) is 4.44. The maximum absolute atomic E-state index is 12.5. The summed E-state index contributed by atoms with van der Waals surface area (Å²) < 4.78 is 10.8. The molecule has 7 heteroatoms. The van der Waals surface area contributed by atoms with Gasteiger partial charge in [-0.2, -0.15) is 0 Å². The van der Waals surface area contributed by atoms with Crippen molar-refractivity contribution >= 4 is 11.9 Å². The number of ether oxygens (including phenoxy) is 2. The lowest BCUT2D eigenvalue weighted by Crippen LogP contribution is -2.30. The van der Waals surface area contributed by atoms with Crippen molar-refractivity contribution in [2.75, 3.05) is 13.7 Å². The van der Waals surface area contributed by atoms with E-state index in [-0.39, 0.29) is 24.0 Å². The fraction of sp³-hybridized carbons (Fsp3) is 0.217. The van der Waals surface area contributed by atoms with Crippen LogP contribution in [0.3, 0.4) is 0 Å². The number of aryl methyl sites for hydroxylation is 1. The minimum Gasteiger partial charge on any atom is -0.452 e. The van der Waals surface area contributed by atoms with E-state index in [0.29, 0.717) is 12.3 Å². The molecule has 0 aliphatic heterocycles. The maximum atomic E-state index is 12.5. The highest BCUT2D eigenvalue weighted by atomic mass is 16.5. The molecular weight excluding hydrogens is 382 g/mol. The van der Waals surface area contributed by atoms with Gasteiger partial charge in [0.2, 0.25) is 5.88 Å². The van der Waals surface area contributed by atoms with E-state index in [9.17, 15) is 9.59 Å². The van der Waals surface area contributed by atoms with Crippen LogP contribution in [0, 0.1) is 0 Å². The molecule has 0 atom stereocenters. The number of nitrogens with zero attached hydrogens (tertiary/aromatic N) is 3. The van der Waals surface area contributed by atoms with Gasteiger partial charge in [0.25, 0.3) is 5.91 Å². The van der Waals surface area contributed by atoms with E-state index in [1.54, 1.807) is 31.4 Å². The Balaban J connectivity index is 1.57. The van der Waals surface area contributed by atoms with Crippen molar-refractivity contribution < 1.29 is 19.1 Å². The van der Waals surface area contributed by atoms with Crippen LogP contribution in [0.15, 0.2) is 67.1 Å². The van der Waals surface area contributed by atoms with Crippen LogP contribution in [0.1, 0.15) is 28.4 Å². The van der Waals surface area contributed by atoms with Crippen molar-refractivity contribution in [1.82, 2.24) is 14.9 Å². The quantitative estimate of drug-likeness (QED) is 0.532. The zero-order valence-electron chi connectivity index (χ0n) is 16.9. The topological polar surface area (TPSA) is 81.6 Å². The van der Waals surface area contributed by atoms with Crippen LogP contribution in [0.4, 0.5) is 0 Å². The fourth-order valence-corrected chi connectivity index (χ4v) is 2.70. The number of hydrogen-bond acceptors (Lipinski definition) is 6. The molecule has 30 heavy (non-hydrogen) atoms. The predicted octanol–water partition coefficient (Wildman–Crippen LogP) is 3.65. The van der Waals surface area contributed by atoms with Gasteiger partial charge in [-0.05, 0) is 41.8 Å². The highest BCUT2D eigenvalue weighted by Crippen LogP contribution is 2.22. The normalized spacial score (nSPS) is 10.3. The van der Waals surface area contributed by atoms with E-state index < -0.39 is 5.97 Å². The lowest BCUT2D eigenvalue weighted by atomic mass is 10.1. The van der Waals surface area contributed by atoms with Gasteiger partial charge in [0.05, 0.1) is 6.20 Å². The van der Waals surface area contributed by atoms with Crippen LogP contribution in [0.25, 0.3) is 0 Å². The number of benzene rings is 1.